The second-order valence-electron chi connectivity index (χ2n) is 16.5. The third-order valence-electron chi connectivity index (χ3n) is 12.4. The molecule has 2 aliphatic heterocycles. The number of pyridine rings is 1. The van der Waals surface area contributed by atoms with Gasteiger partial charge in [0.2, 0.25) is 12.1 Å². The van der Waals surface area contributed by atoms with Crippen LogP contribution >= 0.6 is 0 Å². The summed E-state index contributed by atoms with van der Waals surface area (Å²) in [5.74, 6) is -1.35. The smallest absolute Gasteiger partial charge is 0.410 e. The first kappa shape index (κ1) is 44.2. The Morgan fingerprint density at radius 2 is 1.87 bits per heavy atom. The topological polar surface area (TPSA) is 141 Å². The number of benzene rings is 2. The van der Waals surface area contributed by atoms with Crippen LogP contribution in [0.3, 0.4) is 0 Å². The Labute approximate surface area is 358 Å². The van der Waals surface area contributed by atoms with Crippen LogP contribution in [0.25, 0.3) is 0 Å². The number of hydrogen-bond acceptors (Lipinski definition) is 11. The molecule has 7 atom stereocenters. The Bertz CT molecular complexity index is 2000. The van der Waals surface area contributed by atoms with Crippen LogP contribution < -0.4 is 9.47 Å². The van der Waals surface area contributed by atoms with E-state index in [1.807, 2.05) is 37.3 Å². The van der Waals surface area contributed by atoms with Crippen molar-refractivity contribution in [1.82, 2.24) is 9.88 Å². The van der Waals surface area contributed by atoms with Crippen LogP contribution in [0, 0.1) is 30.5 Å². The Morgan fingerprint density at radius 1 is 1.07 bits per heavy atom. The number of nitrogens with zero attached hydrogens (tertiary/aromatic N) is 3. The third-order valence-corrected chi connectivity index (χ3v) is 12.4. The average Bonchev–Trinajstić information content (AvgIpc) is 3.28. The zero-order chi connectivity index (χ0) is 42.8. The van der Waals surface area contributed by atoms with Crippen LogP contribution in [0.1, 0.15) is 92.6 Å². The lowest BCUT2D eigenvalue weighted by Crippen LogP contribution is -2.70. The van der Waals surface area contributed by atoms with Crippen LogP contribution in [0.4, 0.5) is 9.18 Å². The van der Waals surface area contributed by atoms with Gasteiger partial charge in [-0.1, -0.05) is 48.3 Å². The molecule has 328 valence electrons. The summed E-state index contributed by atoms with van der Waals surface area (Å²) >= 11 is 0. The summed E-state index contributed by atoms with van der Waals surface area (Å²) in [6.07, 6.45) is 10.1. The summed E-state index contributed by atoms with van der Waals surface area (Å²) in [5.41, 5.74) is 4.88. The molecule has 0 spiro atoms. The molecule has 13 heteroatoms. The summed E-state index contributed by atoms with van der Waals surface area (Å²) in [6.45, 7) is 7.15. The number of hydrogen-bond donors (Lipinski definition) is 2. The molecule has 1 unspecified atom stereocenters. The van der Waals surface area contributed by atoms with E-state index in [1.165, 1.54) is 19.2 Å². The number of carbonyl (C=O) groups is 1. The molecule has 1 amide bonds. The van der Waals surface area contributed by atoms with E-state index in [0.29, 0.717) is 48.6 Å². The number of aliphatic hydroxyl groups excluding tert-OH is 2. The maximum atomic E-state index is 14.2. The maximum absolute atomic E-state index is 14.2. The summed E-state index contributed by atoms with van der Waals surface area (Å²) < 4.78 is 46.4. The number of fused-ring (bicyclic) bond motifs is 2. The molecule has 1 saturated carbocycles. The molecule has 2 aliphatic carbocycles. The molecule has 2 aromatic carbocycles. The van der Waals surface area contributed by atoms with E-state index in [2.05, 4.69) is 23.7 Å². The summed E-state index contributed by atoms with van der Waals surface area (Å²) in [7, 11) is 1.34. The van der Waals surface area contributed by atoms with Gasteiger partial charge in [-0.3, -0.25) is 9.88 Å². The van der Waals surface area contributed by atoms with Gasteiger partial charge in [-0.25, -0.2) is 9.18 Å². The molecular formula is C48H60FN3O9. The average molecular weight is 842 g/mol. The van der Waals surface area contributed by atoms with Gasteiger partial charge in [-0.05, 0) is 111 Å². The first-order chi connectivity index (χ1) is 29.8. The third kappa shape index (κ3) is 10.1. The lowest BCUT2D eigenvalue weighted by Gasteiger charge is -2.59. The van der Waals surface area contributed by atoms with Gasteiger partial charge in [0.25, 0.3) is 0 Å². The van der Waals surface area contributed by atoms with E-state index in [1.54, 1.807) is 23.1 Å². The van der Waals surface area contributed by atoms with Crippen molar-refractivity contribution in [1.29, 1.82) is 0 Å². The minimum Gasteiger partial charge on any atom is -0.487 e. The number of aliphatic hydroxyl groups is 2. The van der Waals surface area contributed by atoms with Crippen molar-refractivity contribution >= 4 is 11.8 Å². The van der Waals surface area contributed by atoms with Crippen LogP contribution in [0.2, 0.25) is 0 Å². The monoisotopic (exact) mass is 841 g/mol. The van der Waals surface area contributed by atoms with Crippen molar-refractivity contribution in [3.05, 3.63) is 113 Å². The highest BCUT2D eigenvalue weighted by atomic mass is 19.1. The van der Waals surface area contributed by atoms with Crippen molar-refractivity contribution in [2.45, 2.75) is 108 Å². The predicted octanol–water partition coefficient (Wildman–Crippen LogP) is 8.54. The molecule has 2 fully saturated rings. The fourth-order valence-electron chi connectivity index (χ4n) is 9.70. The van der Waals surface area contributed by atoms with Gasteiger partial charge >= 0.3 is 6.09 Å². The highest BCUT2D eigenvalue weighted by molar-refractivity contribution is 6.03. The fraction of sp³-hybridized carbons (Fsp3) is 0.521. The molecule has 7 rings (SSSR count). The van der Waals surface area contributed by atoms with Crippen LogP contribution in [-0.4, -0.2) is 83.6 Å². The van der Waals surface area contributed by atoms with Gasteiger partial charge in [0, 0.05) is 49.8 Å². The second-order valence-corrected chi connectivity index (χ2v) is 16.5. The van der Waals surface area contributed by atoms with E-state index in [-0.39, 0.29) is 63.0 Å². The number of aryl methyl sites for hydroxylation is 1. The number of carbonyl (C=O) groups excluding carboxylic acids is 1. The Kier molecular flexibility index (Phi) is 15.1. The molecule has 0 radical (unpaired) electrons. The van der Waals surface area contributed by atoms with Crippen LogP contribution in [0.5, 0.6) is 11.5 Å². The molecule has 1 aromatic heterocycles. The van der Waals surface area contributed by atoms with Crippen molar-refractivity contribution < 1.29 is 47.9 Å². The van der Waals surface area contributed by atoms with Gasteiger partial charge in [-0.15, -0.1) is 6.58 Å². The van der Waals surface area contributed by atoms with Gasteiger partial charge in [0.15, 0.2) is 0 Å². The van der Waals surface area contributed by atoms with Crippen LogP contribution in [-0.2, 0) is 32.2 Å². The number of rotatable bonds is 19. The van der Waals surface area contributed by atoms with E-state index >= 15 is 0 Å². The Hall–Kier alpha value is -4.82. The Balaban J connectivity index is 1.42. The summed E-state index contributed by atoms with van der Waals surface area (Å²) in [5, 5.41) is 24.8. The van der Waals surface area contributed by atoms with E-state index in [0.717, 1.165) is 61.0 Å². The predicted molar refractivity (Wildman–Crippen MR) is 227 cm³/mol. The number of halogens is 1. The molecule has 3 heterocycles. The zero-order valence-electron chi connectivity index (χ0n) is 35.4. The number of ether oxygens (including phenoxy) is 5. The summed E-state index contributed by atoms with van der Waals surface area (Å²) in [6, 6.07) is 16.9. The SMILES string of the molecule is C=CCO[C@@]12Oc3ccc(OCc4cccc(C)n4)cc3[C@H]3[C@H](CCCCO)[C@@H](CCCCO)C=C(C(=NOC4CCCCO4)C[C@@H]1N(Cc1ccc(F)cc1)C(=O)OC)[C@H]32. The molecule has 61 heavy (non-hydrogen) atoms. The number of allylic oxidation sites excluding steroid dienone is 1. The molecule has 2 N–H and O–H groups in total. The molecule has 12 nitrogen and oxygen atoms in total. The molecular weight excluding hydrogens is 782 g/mol. The quantitative estimate of drug-likeness (QED) is 0.0686. The van der Waals surface area contributed by atoms with Crippen molar-refractivity contribution in [2.75, 3.05) is 33.5 Å². The van der Waals surface area contributed by atoms with Gasteiger partial charge in [0.1, 0.15) is 30.0 Å². The minimum absolute atomic E-state index is 0.0216. The molecule has 0 bridgehead atoms. The van der Waals surface area contributed by atoms with Crippen molar-refractivity contribution in [3.63, 3.8) is 0 Å². The van der Waals surface area contributed by atoms with Gasteiger partial charge in [0.05, 0.1) is 37.6 Å². The second kappa shape index (κ2) is 20.8. The lowest BCUT2D eigenvalue weighted by atomic mass is 9.55. The first-order valence-electron chi connectivity index (χ1n) is 21.8. The van der Waals surface area contributed by atoms with Gasteiger partial charge in [-0.2, -0.15) is 0 Å². The number of methoxy groups -OCH3 is 1. The number of unbranched alkanes of at least 4 members (excludes halogenated alkanes) is 2. The van der Waals surface area contributed by atoms with Crippen molar-refractivity contribution in [2.24, 2.45) is 22.9 Å². The maximum Gasteiger partial charge on any atom is 0.410 e. The molecule has 4 aliphatic rings. The molecule has 1 saturated heterocycles. The van der Waals surface area contributed by atoms with E-state index < -0.39 is 30.1 Å². The fourth-order valence-corrected chi connectivity index (χ4v) is 9.70. The number of aromatic nitrogens is 1. The Morgan fingerprint density at radius 3 is 2.59 bits per heavy atom. The van der Waals surface area contributed by atoms with E-state index in [4.69, 9.17) is 33.7 Å². The standard InChI is InChI=1S/C48H60FN3O9/c1-4-25-59-48-43(52(47(55)56-3)30-33-17-19-35(49)20-18-33)29-41(51-61-44-16-7-10-26-57-44)39-27-34(13-5-8-23-53)38(15-6-9-24-54)45(46(39)48)40-28-37(21-22-42(40)60-48)58-31-36-14-11-12-32(2)50-36/h4,11-12,14,17-22,27-28,34,38,43-46,53-54H,1,5-10,13,15-16,23-26,29-31H2,2-3H3/t34-,38+,43-,44?,45+,46+,48+/m0/s1. The highest BCUT2D eigenvalue weighted by Gasteiger charge is 2.65. The van der Waals surface area contributed by atoms with Gasteiger partial charge < -0.3 is 38.7 Å². The first-order valence-corrected chi connectivity index (χ1v) is 21.8. The number of oxime groups is 1. The zero-order valence-corrected chi connectivity index (χ0v) is 35.4. The van der Waals surface area contributed by atoms with Crippen molar-refractivity contribution in [3.8, 4) is 11.5 Å². The normalized spacial score (nSPS) is 26.0. The van der Waals surface area contributed by atoms with Crippen LogP contribution in [0.15, 0.2) is 90.1 Å². The van der Waals surface area contributed by atoms with E-state index in [9.17, 15) is 19.4 Å². The highest BCUT2D eigenvalue weighted by Crippen LogP contribution is 2.62. The lowest BCUT2D eigenvalue weighted by molar-refractivity contribution is -0.256. The summed E-state index contributed by atoms with van der Waals surface area (Å²) in [4.78, 5) is 26.7. The number of amides is 1. The largest absolute Gasteiger partial charge is 0.487 e. The minimum atomic E-state index is -1.49. The molecule has 3 aromatic rings.